The predicted molar refractivity (Wildman–Crippen MR) is 270 cm³/mol. The summed E-state index contributed by atoms with van der Waals surface area (Å²) in [6.07, 6.45) is -8.88. The van der Waals surface area contributed by atoms with Crippen molar-refractivity contribution in [2.45, 2.75) is 99.4 Å². The van der Waals surface area contributed by atoms with Gasteiger partial charge < -0.3 is 105 Å². The molecule has 4 aliphatic heterocycles. The van der Waals surface area contributed by atoms with Crippen LogP contribution in [0.1, 0.15) is 86.5 Å². The first kappa shape index (κ1) is 56.4. The van der Waals surface area contributed by atoms with Crippen molar-refractivity contribution in [3.05, 3.63) is 65.6 Å². The molecule has 0 bridgehead atoms. The number of rotatable bonds is 20. The zero-order valence-corrected chi connectivity index (χ0v) is 42.6. The molecule has 28 nitrogen and oxygen atoms in total. The largest absolute Gasteiger partial charge is 0.493 e. The van der Waals surface area contributed by atoms with Gasteiger partial charge in [0.15, 0.2) is 29.8 Å². The third-order valence-corrected chi connectivity index (χ3v) is 13.6. The Morgan fingerprint density at radius 3 is 1.97 bits per heavy atom. The minimum absolute atomic E-state index is 0.0149. The molecule has 0 saturated carbocycles. The second kappa shape index (κ2) is 24.2. The molecule has 4 aromatic rings. The van der Waals surface area contributed by atoms with Crippen LogP contribution in [0.5, 0.6) is 11.5 Å². The van der Waals surface area contributed by atoms with Crippen LogP contribution in [-0.2, 0) is 21.3 Å². The third kappa shape index (κ3) is 12.2. The van der Waals surface area contributed by atoms with Crippen LogP contribution in [-0.4, -0.2) is 221 Å². The number of hydrogen-bond donors (Lipinski definition) is 12. The van der Waals surface area contributed by atoms with E-state index in [1.165, 1.54) is 49.4 Å². The van der Waals surface area contributed by atoms with Crippen molar-refractivity contribution in [1.29, 1.82) is 0 Å². The van der Waals surface area contributed by atoms with E-state index >= 15 is 0 Å². The average Bonchev–Trinajstić information content (AvgIpc) is 4.24. The summed E-state index contributed by atoms with van der Waals surface area (Å²) in [6, 6.07) is 5.57. The van der Waals surface area contributed by atoms with Crippen molar-refractivity contribution in [2.75, 3.05) is 76.6 Å². The highest BCUT2D eigenvalue weighted by Crippen LogP contribution is 2.39. The van der Waals surface area contributed by atoms with Crippen LogP contribution < -0.4 is 30.7 Å². The molecular formula is C49H65N11O17. The molecule has 77 heavy (non-hydrogen) atoms. The van der Waals surface area contributed by atoms with Crippen LogP contribution >= 0.6 is 0 Å². The Hall–Kier alpha value is -6.83. The maximum absolute atomic E-state index is 14.4. The van der Waals surface area contributed by atoms with Crippen LogP contribution in [0.25, 0.3) is 0 Å². The van der Waals surface area contributed by atoms with Crippen LogP contribution in [0.2, 0.25) is 0 Å². The minimum atomic E-state index is -1.91. The SMILES string of the molecule is COc1cc2c(cc1OCCCC(=O)Nc1cn(C)c(C(=O)Nc3cc(C(=O)Nc4cc(C(=O)NCCCN(C)C)n([C@H]5O[C@H](CO)[C@@H](O)[C@H](O)[C@H]5O)c4)n([C@H]4O[C@H](CO)[C@@H](O)[C@H](O)[C@H]4O)c3)n1)N=C[C@H]1CCCN1C2=O. The number of anilines is 3. The summed E-state index contributed by atoms with van der Waals surface area (Å²) in [5.41, 5.74) is 0.153. The highest BCUT2D eigenvalue weighted by Gasteiger charge is 2.47. The van der Waals surface area contributed by atoms with Gasteiger partial charge in [0.2, 0.25) is 11.7 Å². The number of aryl methyl sites for hydroxylation is 1. The number of imidazole rings is 1. The molecule has 3 aromatic heterocycles. The highest BCUT2D eigenvalue weighted by molar-refractivity contribution is 6.07. The van der Waals surface area contributed by atoms with Crippen molar-refractivity contribution < 1.29 is 83.8 Å². The Morgan fingerprint density at radius 2 is 1.38 bits per heavy atom. The first-order valence-corrected chi connectivity index (χ1v) is 25.0. The molecule has 12 N–H and O–H groups in total. The monoisotopic (exact) mass is 1080 g/mol. The van der Waals surface area contributed by atoms with Crippen molar-refractivity contribution in [1.82, 2.24) is 33.8 Å². The summed E-state index contributed by atoms with van der Waals surface area (Å²) in [6.45, 7) is -0.000116. The molecule has 1 aromatic carbocycles. The standard InChI is InChI=1S/C49H65N11O17/c1-56(2)11-7-10-50-44(70)29-14-24(19-59(29)48-41(68)39(66)37(64)33(22-61)76-48)52-45(71)30-15-25(20-60(30)49-42(69)40(67)38(65)34(23-62)77-49)53-46(72)43-55-35(21-57(43)3)54-36(63)9-6-13-75-32-17-28-27(16-31(32)74-4)47(73)58-12-5-8-26(58)18-51-28/h14-21,26,33-34,37-42,48-49,61-62,64-69H,5-13,22-23H2,1-4H3,(H,50,70)(H,52,71)(H,53,72)(H,54,63)/t26-,33-,34-,37-,38-,39+,40+,41-,42-,48+,49+/m1/s1. The summed E-state index contributed by atoms with van der Waals surface area (Å²) in [4.78, 5) is 80.7. The van der Waals surface area contributed by atoms with E-state index in [1.54, 1.807) is 23.2 Å². The van der Waals surface area contributed by atoms with Gasteiger partial charge in [-0.2, -0.15) is 0 Å². The molecule has 8 rings (SSSR count). The van der Waals surface area contributed by atoms with E-state index in [0.29, 0.717) is 42.3 Å². The highest BCUT2D eigenvalue weighted by atomic mass is 16.6. The molecule has 5 amide bonds. The number of amides is 5. The lowest BCUT2D eigenvalue weighted by Gasteiger charge is -2.41. The second-order valence-corrected chi connectivity index (χ2v) is 19.4. The lowest BCUT2D eigenvalue weighted by Crippen LogP contribution is -2.56. The maximum Gasteiger partial charge on any atom is 0.291 e. The number of hydrogen-bond acceptors (Lipinski definition) is 20. The van der Waals surface area contributed by atoms with E-state index in [0.717, 1.165) is 22.0 Å². The summed E-state index contributed by atoms with van der Waals surface area (Å²) in [5.74, 6) is -2.57. The van der Waals surface area contributed by atoms with Gasteiger partial charge in [0.05, 0.1) is 55.6 Å². The van der Waals surface area contributed by atoms with Crippen molar-refractivity contribution in [2.24, 2.45) is 12.0 Å². The average molecular weight is 1080 g/mol. The molecule has 0 spiro atoms. The number of benzene rings is 1. The number of carbonyl (C=O) groups is 5. The fourth-order valence-electron chi connectivity index (χ4n) is 9.55. The summed E-state index contributed by atoms with van der Waals surface area (Å²) < 4.78 is 26.5. The molecule has 0 radical (unpaired) electrons. The van der Waals surface area contributed by atoms with E-state index < -0.39 is 98.1 Å². The maximum atomic E-state index is 14.4. The van der Waals surface area contributed by atoms with Gasteiger partial charge in [-0.15, -0.1) is 0 Å². The zero-order valence-electron chi connectivity index (χ0n) is 42.6. The number of methoxy groups -OCH3 is 1. The van der Waals surface area contributed by atoms with Gasteiger partial charge in [-0.05, 0) is 64.5 Å². The molecule has 11 atom stereocenters. The fourth-order valence-corrected chi connectivity index (χ4v) is 9.55. The number of aliphatic hydroxyl groups excluding tert-OH is 8. The fraction of sp³-hybridized carbons (Fsp3) is 0.531. The minimum Gasteiger partial charge on any atom is -0.493 e. The first-order chi connectivity index (χ1) is 36.8. The molecule has 0 unspecified atom stereocenters. The zero-order chi connectivity index (χ0) is 55.4. The van der Waals surface area contributed by atoms with E-state index in [4.69, 9.17) is 18.9 Å². The molecule has 3 saturated heterocycles. The van der Waals surface area contributed by atoms with Gasteiger partial charge in [0.25, 0.3) is 23.6 Å². The Labute approximate surface area is 440 Å². The molecule has 0 aliphatic carbocycles. The number of nitrogens with zero attached hydrogens (tertiary/aromatic N) is 7. The van der Waals surface area contributed by atoms with Crippen molar-refractivity contribution >= 4 is 58.6 Å². The number of fused-ring (bicyclic) bond motifs is 2. The predicted octanol–water partition coefficient (Wildman–Crippen LogP) is -1.72. The molecule has 4 aliphatic rings. The van der Waals surface area contributed by atoms with Gasteiger partial charge >= 0.3 is 0 Å². The lowest BCUT2D eigenvalue weighted by molar-refractivity contribution is -0.251. The number of carbonyl (C=O) groups excluding carboxylic acids is 5. The van der Waals surface area contributed by atoms with Crippen LogP contribution in [0.15, 0.2) is 47.8 Å². The number of aromatic nitrogens is 4. The number of nitrogens with one attached hydrogen (secondary N) is 4. The quantitative estimate of drug-likeness (QED) is 0.0438. The van der Waals surface area contributed by atoms with E-state index in [1.807, 2.05) is 19.0 Å². The number of ether oxygens (including phenoxy) is 4. The summed E-state index contributed by atoms with van der Waals surface area (Å²) in [5, 5.41) is 95.1. The van der Waals surface area contributed by atoms with Crippen molar-refractivity contribution in [3.63, 3.8) is 0 Å². The Bertz CT molecular complexity index is 2830. The van der Waals surface area contributed by atoms with E-state index in [2.05, 4.69) is 31.2 Å². The van der Waals surface area contributed by atoms with Gasteiger partial charge in [-0.3, -0.25) is 29.0 Å². The smallest absolute Gasteiger partial charge is 0.291 e. The van der Waals surface area contributed by atoms with Gasteiger partial charge in [0, 0.05) is 57.4 Å². The van der Waals surface area contributed by atoms with Gasteiger partial charge in [-0.25, -0.2) is 4.98 Å². The normalized spacial score (nSPS) is 26.0. The van der Waals surface area contributed by atoms with E-state index in [9.17, 15) is 64.8 Å². The summed E-state index contributed by atoms with van der Waals surface area (Å²) >= 11 is 0. The molecule has 28 heteroatoms. The van der Waals surface area contributed by atoms with Crippen LogP contribution in [0, 0.1) is 0 Å². The molecular weight excluding hydrogens is 1010 g/mol. The Kier molecular flexibility index (Phi) is 17.7. The van der Waals surface area contributed by atoms with E-state index in [-0.39, 0.29) is 72.3 Å². The topological polar surface area (TPSA) is 379 Å². The Morgan fingerprint density at radius 1 is 0.766 bits per heavy atom. The second-order valence-electron chi connectivity index (χ2n) is 19.4. The third-order valence-electron chi connectivity index (χ3n) is 13.6. The van der Waals surface area contributed by atoms with Gasteiger partial charge in [-0.1, -0.05) is 0 Å². The van der Waals surface area contributed by atoms with Gasteiger partial charge in [0.1, 0.15) is 60.2 Å². The summed E-state index contributed by atoms with van der Waals surface area (Å²) in [7, 11) is 6.66. The molecule has 7 heterocycles. The molecule has 418 valence electrons. The van der Waals surface area contributed by atoms with Crippen molar-refractivity contribution in [3.8, 4) is 11.5 Å². The lowest BCUT2D eigenvalue weighted by atomic mass is 9.98. The number of aliphatic imine (C=N–C) groups is 1. The number of aliphatic hydroxyl groups is 8. The van der Waals surface area contributed by atoms with Crippen LogP contribution in [0.4, 0.5) is 22.9 Å². The molecule has 3 fully saturated rings. The van der Waals surface area contributed by atoms with Crippen LogP contribution in [0.3, 0.4) is 0 Å². The first-order valence-electron chi connectivity index (χ1n) is 25.0. The Balaban J connectivity index is 0.971.